The van der Waals surface area contributed by atoms with Crippen molar-refractivity contribution in [2.24, 2.45) is 0 Å². The van der Waals surface area contributed by atoms with E-state index in [1.165, 1.54) is 0 Å². The highest BCUT2D eigenvalue weighted by Crippen LogP contribution is 2.26. The smallest absolute Gasteiger partial charge is 0.222 e. The molecule has 0 aliphatic rings. The Kier molecular flexibility index (Phi) is 4.84. The molecule has 5 heteroatoms. The summed E-state index contributed by atoms with van der Waals surface area (Å²) in [6.07, 6.45) is 6.25. The number of ether oxygens (including phenoxy) is 1. The highest BCUT2D eigenvalue weighted by Gasteiger charge is 2.04. The maximum Gasteiger partial charge on any atom is 0.222 e. The number of fused-ring (bicyclic) bond motifs is 1. The van der Waals surface area contributed by atoms with Gasteiger partial charge < -0.3 is 14.9 Å². The molecule has 0 bridgehead atoms. The monoisotopic (exact) mass is 338 g/mol. The zero-order chi connectivity index (χ0) is 17.8. The van der Waals surface area contributed by atoms with Crippen LogP contribution < -0.4 is 10.5 Å². The van der Waals surface area contributed by atoms with E-state index in [4.69, 9.17) is 14.9 Å². The second kappa shape index (κ2) is 7.21. The Labute approximate surface area is 145 Å². The molecule has 0 radical (unpaired) electrons. The van der Waals surface area contributed by atoms with Crippen molar-refractivity contribution >= 4 is 28.9 Å². The van der Waals surface area contributed by atoms with E-state index in [2.05, 4.69) is 4.98 Å². The standard InChI is InChI=1S/C20H19FN2O2/c1-3-13(4-5-14-6-9-19(22)23-20(14)21)10-17-12-15-11-16(24-2)7-8-18(15)25-17/h4-12H,3H2,1-2H3,(H2,22,23)/b5-4+,13-10+. The van der Waals surface area contributed by atoms with Crippen LogP contribution in [0.15, 0.2) is 52.5 Å². The summed E-state index contributed by atoms with van der Waals surface area (Å²) in [7, 11) is 1.63. The van der Waals surface area contributed by atoms with E-state index >= 15 is 0 Å². The SMILES string of the molecule is CCC(/C=C/c1ccc(N)nc1F)=C\c1cc2cc(OC)ccc2o1. The average molecular weight is 338 g/mol. The van der Waals surface area contributed by atoms with Gasteiger partial charge in [0.2, 0.25) is 5.95 Å². The second-order valence-corrected chi connectivity index (χ2v) is 5.57. The van der Waals surface area contributed by atoms with Crippen LogP contribution >= 0.6 is 0 Å². The van der Waals surface area contributed by atoms with Crippen LogP contribution in [0.2, 0.25) is 0 Å². The van der Waals surface area contributed by atoms with Gasteiger partial charge in [-0.15, -0.1) is 0 Å². The Morgan fingerprint density at radius 1 is 1.28 bits per heavy atom. The minimum atomic E-state index is -0.581. The number of hydrogen-bond acceptors (Lipinski definition) is 4. The third kappa shape index (κ3) is 3.88. The van der Waals surface area contributed by atoms with E-state index in [1.54, 1.807) is 25.3 Å². The molecule has 2 N–H and O–H groups in total. The van der Waals surface area contributed by atoms with Crippen molar-refractivity contribution in [1.29, 1.82) is 0 Å². The predicted molar refractivity (Wildman–Crippen MR) is 98.7 cm³/mol. The summed E-state index contributed by atoms with van der Waals surface area (Å²) in [6.45, 7) is 2.03. The zero-order valence-electron chi connectivity index (χ0n) is 14.1. The van der Waals surface area contributed by atoms with Crippen molar-refractivity contribution in [3.8, 4) is 5.75 Å². The van der Waals surface area contributed by atoms with Gasteiger partial charge in [-0.05, 0) is 54.5 Å². The lowest BCUT2D eigenvalue weighted by molar-refractivity contribution is 0.415. The molecule has 0 unspecified atom stereocenters. The van der Waals surface area contributed by atoms with E-state index in [9.17, 15) is 4.39 Å². The molecule has 3 aromatic rings. The van der Waals surface area contributed by atoms with Crippen LogP contribution in [-0.4, -0.2) is 12.1 Å². The number of allylic oxidation sites excluding steroid dienone is 2. The van der Waals surface area contributed by atoms with Gasteiger partial charge in [0.1, 0.15) is 22.9 Å². The van der Waals surface area contributed by atoms with Crippen LogP contribution in [-0.2, 0) is 0 Å². The Morgan fingerprint density at radius 2 is 2.12 bits per heavy atom. The van der Waals surface area contributed by atoms with Gasteiger partial charge in [-0.2, -0.15) is 4.39 Å². The summed E-state index contributed by atoms with van der Waals surface area (Å²) in [5, 5.41) is 0.971. The fraction of sp³-hybridized carbons (Fsp3) is 0.150. The van der Waals surface area contributed by atoms with E-state index < -0.39 is 5.95 Å². The third-order valence-corrected chi connectivity index (χ3v) is 3.85. The van der Waals surface area contributed by atoms with E-state index in [0.29, 0.717) is 5.56 Å². The fourth-order valence-electron chi connectivity index (χ4n) is 2.47. The number of nitrogens with zero attached hydrogens (tertiary/aromatic N) is 1. The molecule has 0 aliphatic carbocycles. The van der Waals surface area contributed by atoms with Crippen LogP contribution in [0.1, 0.15) is 24.7 Å². The third-order valence-electron chi connectivity index (χ3n) is 3.85. The number of nitrogens with two attached hydrogens (primary N) is 1. The molecule has 128 valence electrons. The molecule has 3 rings (SSSR count). The number of aromatic nitrogens is 1. The van der Waals surface area contributed by atoms with Gasteiger partial charge in [0, 0.05) is 10.9 Å². The molecule has 2 heterocycles. The normalized spacial score (nSPS) is 12.2. The van der Waals surface area contributed by atoms with E-state index in [1.807, 2.05) is 43.3 Å². The van der Waals surface area contributed by atoms with Gasteiger partial charge in [-0.1, -0.05) is 19.1 Å². The molecule has 0 fully saturated rings. The highest BCUT2D eigenvalue weighted by molar-refractivity contribution is 5.81. The summed E-state index contributed by atoms with van der Waals surface area (Å²) in [5.41, 5.74) is 7.65. The van der Waals surface area contributed by atoms with Gasteiger partial charge in [0.25, 0.3) is 0 Å². The molecule has 0 atom stereocenters. The fourth-order valence-corrected chi connectivity index (χ4v) is 2.47. The Bertz CT molecular complexity index is 957. The topological polar surface area (TPSA) is 61.3 Å². The minimum Gasteiger partial charge on any atom is -0.497 e. The lowest BCUT2D eigenvalue weighted by Gasteiger charge is -1.99. The number of hydrogen-bond donors (Lipinski definition) is 1. The lowest BCUT2D eigenvalue weighted by Crippen LogP contribution is -1.94. The largest absolute Gasteiger partial charge is 0.497 e. The molecule has 0 spiro atoms. The van der Waals surface area contributed by atoms with Gasteiger partial charge in [-0.25, -0.2) is 4.98 Å². The first-order valence-corrected chi connectivity index (χ1v) is 7.97. The van der Waals surface area contributed by atoms with Crippen LogP contribution in [0, 0.1) is 5.95 Å². The summed E-state index contributed by atoms with van der Waals surface area (Å²) < 4.78 is 24.8. The maximum absolute atomic E-state index is 13.8. The molecule has 0 aliphatic heterocycles. The molecular formula is C20H19FN2O2. The molecule has 25 heavy (non-hydrogen) atoms. The molecule has 1 aromatic carbocycles. The zero-order valence-corrected chi connectivity index (χ0v) is 14.1. The van der Waals surface area contributed by atoms with Crippen molar-refractivity contribution in [3.63, 3.8) is 0 Å². The van der Waals surface area contributed by atoms with Crippen LogP contribution in [0.4, 0.5) is 10.2 Å². The molecular weight excluding hydrogens is 319 g/mol. The van der Waals surface area contributed by atoms with Gasteiger partial charge in [0.15, 0.2) is 0 Å². The number of halogens is 1. The van der Waals surface area contributed by atoms with Crippen molar-refractivity contribution in [2.45, 2.75) is 13.3 Å². The summed E-state index contributed by atoms with van der Waals surface area (Å²) in [5.74, 6) is 1.10. The number of nitrogen functional groups attached to an aromatic ring is 1. The Morgan fingerprint density at radius 3 is 2.84 bits per heavy atom. The molecule has 0 amide bonds. The van der Waals surface area contributed by atoms with Crippen molar-refractivity contribution in [2.75, 3.05) is 12.8 Å². The molecule has 2 aromatic heterocycles. The van der Waals surface area contributed by atoms with E-state index in [-0.39, 0.29) is 5.82 Å². The highest BCUT2D eigenvalue weighted by atomic mass is 19.1. The lowest BCUT2D eigenvalue weighted by atomic mass is 10.1. The Balaban J connectivity index is 1.88. The maximum atomic E-state index is 13.8. The molecule has 0 saturated heterocycles. The van der Waals surface area contributed by atoms with Crippen molar-refractivity contribution in [1.82, 2.24) is 4.98 Å². The predicted octanol–water partition coefficient (Wildman–Crippen LogP) is 5.06. The van der Waals surface area contributed by atoms with E-state index in [0.717, 1.165) is 34.5 Å². The number of rotatable bonds is 5. The minimum absolute atomic E-state index is 0.165. The molecule has 4 nitrogen and oxygen atoms in total. The first kappa shape index (κ1) is 16.8. The van der Waals surface area contributed by atoms with Crippen LogP contribution in [0.5, 0.6) is 5.75 Å². The van der Waals surface area contributed by atoms with Crippen molar-refractivity contribution in [3.05, 3.63) is 65.3 Å². The number of furan rings is 1. The summed E-state index contributed by atoms with van der Waals surface area (Å²) in [4.78, 5) is 3.62. The van der Waals surface area contributed by atoms with Crippen LogP contribution in [0.3, 0.4) is 0 Å². The number of pyridine rings is 1. The van der Waals surface area contributed by atoms with Crippen LogP contribution in [0.25, 0.3) is 23.1 Å². The number of methoxy groups -OCH3 is 1. The first-order chi connectivity index (χ1) is 12.1. The first-order valence-electron chi connectivity index (χ1n) is 7.97. The van der Waals surface area contributed by atoms with Gasteiger partial charge in [0.05, 0.1) is 7.11 Å². The van der Waals surface area contributed by atoms with Gasteiger partial charge >= 0.3 is 0 Å². The second-order valence-electron chi connectivity index (χ2n) is 5.57. The summed E-state index contributed by atoms with van der Waals surface area (Å²) >= 11 is 0. The average Bonchev–Trinajstić information content (AvgIpc) is 3.01. The Hall–Kier alpha value is -3.08. The van der Waals surface area contributed by atoms with Gasteiger partial charge in [-0.3, -0.25) is 0 Å². The number of benzene rings is 1. The number of anilines is 1. The molecule has 0 saturated carbocycles. The van der Waals surface area contributed by atoms with Crippen molar-refractivity contribution < 1.29 is 13.5 Å². The summed E-state index contributed by atoms with van der Waals surface area (Å²) in [6, 6.07) is 10.8. The quantitative estimate of drug-likeness (QED) is 0.521.